The Morgan fingerprint density at radius 2 is 1.44 bits per heavy atom. The van der Waals surface area contributed by atoms with Crippen LogP contribution in [-0.2, 0) is 28.3 Å². The van der Waals surface area contributed by atoms with Crippen molar-refractivity contribution in [2.24, 2.45) is 0 Å². The molecular formula is C27H30N2O2S. The van der Waals surface area contributed by atoms with Gasteiger partial charge in [0.15, 0.2) is 0 Å². The van der Waals surface area contributed by atoms with Gasteiger partial charge in [0.25, 0.3) is 0 Å². The standard InChI is InChI=1S/C27H30N2O2S/c1-21-13-15-23(16-14-21)18-29(26(30)20-32-19-24-11-7-4-8-12-24)25(27(31)28-2)17-22-9-5-3-6-10-22/h3-16,25H,17-20H2,1-2H3,(H,28,31)/t25-/m0/s1. The van der Waals surface area contributed by atoms with E-state index in [4.69, 9.17) is 0 Å². The summed E-state index contributed by atoms with van der Waals surface area (Å²) in [6.45, 7) is 2.44. The van der Waals surface area contributed by atoms with Crippen molar-refractivity contribution >= 4 is 23.6 Å². The monoisotopic (exact) mass is 446 g/mol. The summed E-state index contributed by atoms with van der Waals surface area (Å²) in [5.74, 6) is 0.899. The summed E-state index contributed by atoms with van der Waals surface area (Å²) in [6.07, 6.45) is 0.474. The van der Waals surface area contributed by atoms with Crippen LogP contribution in [0.1, 0.15) is 22.3 Å². The Hall–Kier alpha value is -3.05. The minimum absolute atomic E-state index is 0.0314. The maximum Gasteiger partial charge on any atom is 0.242 e. The van der Waals surface area contributed by atoms with Crippen molar-refractivity contribution in [1.29, 1.82) is 0 Å². The molecule has 0 spiro atoms. The van der Waals surface area contributed by atoms with Crippen LogP contribution in [-0.4, -0.2) is 35.6 Å². The zero-order valence-corrected chi connectivity index (χ0v) is 19.5. The third-order valence-electron chi connectivity index (χ3n) is 5.33. The number of likely N-dealkylation sites (N-methyl/N-ethyl adjacent to an activating group) is 1. The zero-order valence-electron chi connectivity index (χ0n) is 18.7. The first-order valence-electron chi connectivity index (χ1n) is 10.8. The molecule has 0 aliphatic rings. The number of hydrogen-bond acceptors (Lipinski definition) is 3. The average molecular weight is 447 g/mol. The van der Waals surface area contributed by atoms with Crippen LogP contribution in [0.5, 0.6) is 0 Å². The summed E-state index contributed by atoms with van der Waals surface area (Å²) in [4.78, 5) is 28.0. The summed E-state index contributed by atoms with van der Waals surface area (Å²) < 4.78 is 0. The van der Waals surface area contributed by atoms with Gasteiger partial charge >= 0.3 is 0 Å². The van der Waals surface area contributed by atoms with E-state index >= 15 is 0 Å². The lowest BCUT2D eigenvalue weighted by Gasteiger charge is -2.31. The topological polar surface area (TPSA) is 49.4 Å². The number of benzene rings is 3. The second-order valence-electron chi connectivity index (χ2n) is 7.81. The molecule has 0 aliphatic heterocycles. The minimum atomic E-state index is -0.575. The normalized spacial score (nSPS) is 11.6. The molecule has 0 bridgehead atoms. The van der Waals surface area contributed by atoms with Crippen molar-refractivity contribution in [2.45, 2.75) is 31.7 Å². The van der Waals surface area contributed by atoms with Crippen molar-refractivity contribution < 1.29 is 9.59 Å². The fraction of sp³-hybridized carbons (Fsp3) is 0.259. The number of hydrogen-bond donors (Lipinski definition) is 1. The molecule has 2 amide bonds. The lowest BCUT2D eigenvalue weighted by atomic mass is 10.0. The van der Waals surface area contributed by atoms with E-state index < -0.39 is 6.04 Å². The van der Waals surface area contributed by atoms with Crippen LogP contribution >= 0.6 is 11.8 Å². The molecule has 0 saturated carbocycles. The van der Waals surface area contributed by atoms with Crippen LogP contribution in [0.4, 0.5) is 0 Å². The van der Waals surface area contributed by atoms with Gasteiger partial charge in [0.2, 0.25) is 11.8 Å². The Balaban J connectivity index is 1.80. The van der Waals surface area contributed by atoms with Crippen LogP contribution in [0, 0.1) is 6.92 Å². The predicted molar refractivity (Wildman–Crippen MR) is 132 cm³/mol. The fourth-order valence-corrected chi connectivity index (χ4v) is 4.39. The molecule has 3 aromatic carbocycles. The van der Waals surface area contributed by atoms with Crippen molar-refractivity contribution in [3.63, 3.8) is 0 Å². The van der Waals surface area contributed by atoms with E-state index in [0.29, 0.717) is 18.7 Å². The van der Waals surface area contributed by atoms with E-state index in [9.17, 15) is 9.59 Å². The number of amides is 2. The van der Waals surface area contributed by atoms with Gasteiger partial charge in [0.1, 0.15) is 6.04 Å². The SMILES string of the molecule is CNC(=O)[C@H](Cc1ccccc1)N(Cc1ccc(C)cc1)C(=O)CSCc1ccccc1. The molecule has 4 nitrogen and oxygen atoms in total. The zero-order chi connectivity index (χ0) is 22.8. The van der Waals surface area contributed by atoms with Gasteiger partial charge in [-0.2, -0.15) is 0 Å². The fourth-order valence-electron chi connectivity index (χ4n) is 3.52. The smallest absolute Gasteiger partial charge is 0.242 e. The first kappa shape index (κ1) is 23.6. The van der Waals surface area contributed by atoms with E-state index in [1.165, 1.54) is 5.56 Å². The molecule has 166 valence electrons. The first-order chi connectivity index (χ1) is 15.6. The minimum Gasteiger partial charge on any atom is -0.357 e. The molecule has 0 aliphatic carbocycles. The Morgan fingerprint density at radius 1 is 0.844 bits per heavy atom. The van der Waals surface area contributed by atoms with Crippen molar-refractivity contribution in [1.82, 2.24) is 10.2 Å². The summed E-state index contributed by atoms with van der Waals surface area (Å²) in [6, 6.07) is 27.5. The lowest BCUT2D eigenvalue weighted by Crippen LogP contribution is -2.50. The van der Waals surface area contributed by atoms with Crippen LogP contribution in [0.15, 0.2) is 84.9 Å². The van der Waals surface area contributed by atoms with Crippen LogP contribution in [0.3, 0.4) is 0 Å². The summed E-state index contributed by atoms with van der Waals surface area (Å²) in [5, 5.41) is 2.76. The highest BCUT2D eigenvalue weighted by molar-refractivity contribution is 7.99. The average Bonchev–Trinajstić information content (AvgIpc) is 2.83. The number of nitrogens with zero attached hydrogens (tertiary/aromatic N) is 1. The van der Waals surface area contributed by atoms with Gasteiger partial charge in [0, 0.05) is 25.8 Å². The van der Waals surface area contributed by atoms with Crippen LogP contribution in [0.2, 0.25) is 0 Å². The van der Waals surface area contributed by atoms with E-state index in [0.717, 1.165) is 22.4 Å². The molecule has 0 heterocycles. The van der Waals surface area contributed by atoms with Crippen LogP contribution < -0.4 is 5.32 Å². The molecule has 1 N–H and O–H groups in total. The third-order valence-corrected chi connectivity index (χ3v) is 6.32. The number of nitrogens with one attached hydrogen (secondary N) is 1. The second-order valence-corrected chi connectivity index (χ2v) is 8.79. The molecule has 0 radical (unpaired) electrons. The second kappa shape index (κ2) is 12.1. The molecule has 5 heteroatoms. The number of carbonyl (C=O) groups is 2. The van der Waals surface area contributed by atoms with Crippen LogP contribution in [0.25, 0.3) is 0 Å². The van der Waals surface area contributed by atoms with Crippen molar-refractivity contribution in [3.05, 3.63) is 107 Å². The van der Waals surface area contributed by atoms with Gasteiger partial charge in [-0.15, -0.1) is 11.8 Å². The quantitative estimate of drug-likeness (QED) is 0.495. The number of thioether (sulfide) groups is 1. The Labute approximate surface area is 195 Å². The summed E-state index contributed by atoms with van der Waals surface area (Å²) in [5.41, 5.74) is 4.39. The highest BCUT2D eigenvalue weighted by atomic mass is 32.2. The first-order valence-corrected chi connectivity index (χ1v) is 11.9. The van der Waals surface area contributed by atoms with Gasteiger partial charge in [0.05, 0.1) is 5.75 Å². The summed E-state index contributed by atoms with van der Waals surface area (Å²) in [7, 11) is 1.62. The molecule has 0 saturated heterocycles. The van der Waals surface area contributed by atoms with E-state index in [1.807, 2.05) is 79.7 Å². The van der Waals surface area contributed by atoms with Gasteiger partial charge in [-0.1, -0.05) is 90.5 Å². The van der Waals surface area contributed by atoms with Crippen molar-refractivity contribution in [2.75, 3.05) is 12.8 Å². The predicted octanol–water partition coefficient (Wildman–Crippen LogP) is 4.61. The summed E-state index contributed by atoms with van der Waals surface area (Å²) >= 11 is 1.58. The van der Waals surface area contributed by atoms with Gasteiger partial charge in [-0.05, 0) is 23.6 Å². The Kier molecular flexibility index (Phi) is 8.93. The van der Waals surface area contributed by atoms with E-state index in [2.05, 4.69) is 17.4 Å². The molecule has 0 aromatic heterocycles. The molecule has 0 fully saturated rings. The largest absolute Gasteiger partial charge is 0.357 e. The lowest BCUT2D eigenvalue weighted by molar-refractivity contribution is -0.139. The third kappa shape index (κ3) is 6.99. The number of carbonyl (C=O) groups excluding carboxylic acids is 2. The molecule has 32 heavy (non-hydrogen) atoms. The molecule has 1 atom stereocenters. The Bertz CT molecular complexity index is 991. The maximum absolute atomic E-state index is 13.4. The maximum atomic E-state index is 13.4. The van der Waals surface area contributed by atoms with Gasteiger partial charge in [-0.3, -0.25) is 9.59 Å². The number of rotatable bonds is 10. The molecular weight excluding hydrogens is 416 g/mol. The number of aryl methyl sites for hydroxylation is 1. The highest BCUT2D eigenvalue weighted by Gasteiger charge is 2.29. The molecule has 0 unspecified atom stereocenters. The highest BCUT2D eigenvalue weighted by Crippen LogP contribution is 2.18. The van der Waals surface area contributed by atoms with E-state index in [-0.39, 0.29) is 11.8 Å². The van der Waals surface area contributed by atoms with Gasteiger partial charge < -0.3 is 10.2 Å². The molecule has 3 aromatic rings. The van der Waals surface area contributed by atoms with Crippen molar-refractivity contribution in [3.8, 4) is 0 Å². The van der Waals surface area contributed by atoms with Gasteiger partial charge in [-0.25, -0.2) is 0 Å². The van der Waals surface area contributed by atoms with E-state index in [1.54, 1.807) is 23.7 Å². The molecule has 3 rings (SSSR count). The Morgan fingerprint density at radius 3 is 2.03 bits per heavy atom.